The first kappa shape index (κ1) is 21.8. The Hall–Kier alpha value is -1.28. The molecular formula is C15H23O8PS. The summed E-state index contributed by atoms with van der Waals surface area (Å²) < 4.78 is 33.2. The number of carbonyl (C=O) groups excluding carboxylic acids is 1. The number of esters is 1. The zero-order chi connectivity index (χ0) is 18.9. The first-order valence-electron chi connectivity index (χ1n) is 7.81. The summed E-state index contributed by atoms with van der Waals surface area (Å²) in [7, 11) is -3.40. The summed E-state index contributed by atoms with van der Waals surface area (Å²) in [5.41, 5.74) is -0.0362. The van der Waals surface area contributed by atoms with Gasteiger partial charge in [0, 0.05) is 0 Å². The Kier molecular flexibility index (Phi) is 9.27. The quantitative estimate of drug-likeness (QED) is 0.420. The molecule has 10 heteroatoms. The zero-order valence-electron chi connectivity index (χ0n) is 14.5. The molecule has 0 unspecified atom stereocenters. The van der Waals surface area contributed by atoms with Crippen LogP contribution in [0.2, 0.25) is 0 Å². The van der Waals surface area contributed by atoms with E-state index < -0.39 is 13.6 Å². The minimum Gasteiger partial charge on any atom is -0.478 e. The van der Waals surface area contributed by atoms with Crippen molar-refractivity contribution in [1.29, 1.82) is 0 Å². The Morgan fingerprint density at radius 2 is 1.84 bits per heavy atom. The van der Waals surface area contributed by atoms with Crippen LogP contribution in [-0.2, 0) is 35.1 Å². The fraction of sp³-hybridized carbons (Fsp3) is 0.600. The summed E-state index contributed by atoms with van der Waals surface area (Å²) in [5, 5.41) is 9.28. The second-order valence-electron chi connectivity index (χ2n) is 4.76. The van der Waals surface area contributed by atoms with E-state index in [1.54, 1.807) is 20.8 Å². The number of carboxylic acids is 1. The number of thioether (sulfide) groups is 1. The number of hydrogen-bond acceptors (Lipinski definition) is 8. The molecule has 0 amide bonds. The predicted octanol–water partition coefficient (Wildman–Crippen LogP) is 3.54. The lowest BCUT2D eigenvalue weighted by Crippen LogP contribution is -2.07. The van der Waals surface area contributed by atoms with E-state index in [-0.39, 0.29) is 60.5 Å². The van der Waals surface area contributed by atoms with Crippen molar-refractivity contribution in [2.24, 2.45) is 0 Å². The monoisotopic (exact) mass is 394 g/mol. The molecule has 0 aromatic carbocycles. The number of carboxylic acid groups (broad SMARTS) is 1. The van der Waals surface area contributed by atoms with Crippen molar-refractivity contribution in [3.8, 4) is 0 Å². The van der Waals surface area contributed by atoms with Gasteiger partial charge in [-0.3, -0.25) is 9.36 Å². The average molecular weight is 394 g/mol. The van der Waals surface area contributed by atoms with Crippen LogP contribution in [0.1, 0.15) is 42.6 Å². The second kappa shape index (κ2) is 10.7. The normalized spacial score (nSPS) is 11.5. The molecule has 1 aromatic rings. The molecule has 0 aliphatic heterocycles. The van der Waals surface area contributed by atoms with Crippen molar-refractivity contribution >= 4 is 31.3 Å². The molecule has 1 N–H and O–H groups in total. The molecule has 0 spiro atoms. The largest absolute Gasteiger partial charge is 0.478 e. The van der Waals surface area contributed by atoms with E-state index in [1.165, 1.54) is 17.8 Å². The highest BCUT2D eigenvalue weighted by atomic mass is 32.2. The van der Waals surface area contributed by atoms with Crippen LogP contribution in [0, 0.1) is 0 Å². The summed E-state index contributed by atoms with van der Waals surface area (Å²) in [6.45, 7) is 5.77. The zero-order valence-corrected chi connectivity index (χ0v) is 16.2. The molecule has 1 rings (SSSR count). The number of aromatic carboxylic acids is 1. The maximum Gasteiger partial charge on any atom is 0.339 e. The van der Waals surface area contributed by atoms with E-state index >= 15 is 0 Å². The molecule has 142 valence electrons. The minimum atomic E-state index is -3.40. The third-order valence-electron chi connectivity index (χ3n) is 2.85. The predicted molar refractivity (Wildman–Crippen MR) is 93.0 cm³/mol. The maximum absolute atomic E-state index is 12.5. The highest BCUT2D eigenvalue weighted by Crippen LogP contribution is 2.51. The molecule has 25 heavy (non-hydrogen) atoms. The van der Waals surface area contributed by atoms with Gasteiger partial charge >= 0.3 is 19.5 Å². The maximum atomic E-state index is 12.5. The number of ether oxygens (including phenoxy) is 1. The van der Waals surface area contributed by atoms with Crippen LogP contribution in [0.3, 0.4) is 0 Å². The van der Waals surface area contributed by atoms with Crippen molar-refractivity contribution in [2.75, 3.05) is 25.6 Å². The van der Waals surface area contributed by atoms with E-state index in [4.69, 9.17) is 18.2 Å². The van der Waals surface area contributed by atoms with Crippen molar-refractivity contribution in [3.05, 3.63) is 23.2 Å². The first-order chi connectivity index (χ1) is 11.8. The van der Waals surface area contributed by atoms with Crippen molar-refractivity contribution < 1.29 is 37.5 Å². The molecule has 0 atom stereocenters. The molecule has 0 fully saturated rings. The molecular weight excluding hydrogens is 371 g/mol. The van der Waals surface area contributed by atoms with Gasteiger partial charge < -0.3 is 23.3 Å². The van der Waals surface area contributed by atoms with E-state index in [9.17, 15) is 19.3 Å². The second-order valence-corrected chi connectivity index (χ2v) is 7.80. The van der Waals surface area contributed by atoms with Gasteiger partial charge in [-0.1, -0.05) is 0 Å². The van der Waals surface area contributed by atoms with Crippen molar-refractivity contribution in [2.45, 2.75) is 32.7 Å². The number of carbonyl (C=O) groups is 2. The van der Waals surface area contributed by atoms with E-state index in [0.717, 1.165) is 0 Å². The third kappa shape index (κ3) is 7.23. The van der Waals surface area contributed by atoms with Crippen LogP contribution >= 0.6 is 19.4 Å². The Morgan fingerprint density at radius 3 is 2.36 bits per heavy atom. The van der Waals surface area contributed by atoms with Gasteiger partial charge in [-0.05, 0) is 26.8 Å². The van der Waals surface area contributed by atoms with Gasteiger partial charge in [0.2, 0.25) is 0 Å². The Bertz CT molecular complexity index is 617. The number of furan rings is 1. The van der Waals surface area contributed by atoms with Gasteiger partial charge in [-0.25, -0.2) is 4.79 Å². The van der Waals surface area contributed by atoms with E-state index in [2.05, 4.69) is 0 Å². The van der Waals surface area contributed by atoms with Crippen LogP contribution in [0.15, 0.2) is 10.5 Å². The van der Waals surface area contributed by atoms with Crippen LogP contribution in [0.5, 0.6) is 0 Å². The molecule has 0 bridgehead atoms. The molecule has 0 aliphatic rings. The SMILES string of the molecule is CCOC(=O)CSCc1oc(CP(=O)(OCC)OCC)cc1C(=O)O. The van der Waals surface area contributed by atoms with Crippen LogP contribution in [0.25, 0.3) is 0 Å². The standard InChI is InChI=1S/C15H23O8PS/c1-4-20-14(16)10-25-9-13-12(15(17)18)7-11(23-13)8-24(19,21-5-2)22-6-3/h7H,4-6,8-10H2,1-3H3,(H,17,18). The third-order valence-corrected chi connectivity index (χ3v) is 5.76. The lowest BCUT2D eigenvalue weighted by Gasteiger charge is -2.15. The summed E-state index contributed by atoms with van der Waals surface area (Å²) >= 11 is 1.17. The average Bonchev–Trinajstić information content (AvgIpc) is 2.90. The van der Waals surface area contributed by atoms with Crippen LogP contribution in [0.4, 0.5) is 0 Å². The smallest absolute Gasteiger partial charge is 0.339 e. The van der Waals surface area contributed by atoms with Crippen LogP contribution < -0.4 is 0 Å². The van der Waals surface area contributed by atoms with Crippen molar-refractivity contribution in [3.63, 3.8) is 0 Å². The van der Waals surface area contributed by atoms with Gasteiger partial charge in [0.05, 0.1) is 31.3 Å². The molecule has 1 heterocycles. The minimum absolute atomic E-state index is 0.0362. The fourth-order valence-corrected chi connectivity index (χ4v) is 4.33. The summed E-state index contributed by atoms with van der Waals surface area (Å²) in [5.74, 6) is -0.892. The summed E-state index contributed by atoms with van der Waals surface area (Å²) in [6, 6.07) is 1.31. The number of rotatable bonds is 12. The lowest BCUT2D eigenvalue weighted by atomic mass is 10.2. The highest BCUT2D eigenvalue weighted by molar-refractivity contribution is 7.99. The van der Waals surface area contributed by atoms with Gasteiger partial charge in [-0.2, -0.15) is 0 Å². The van der Waals surface area contributed by atoms with Crippen molar-refractivity contribution in [1.82, 2.24) is 0 Å². The highest BCUT2D eigenvalue weighted by Gasteiger charge is 2.28. The van der Waals surface area contributed by atoms with Gasteiger partial charge in [-0.15, -0.1) is 11.8 Å². The molecule has 0 saturated carbocycles. The molecule has 1 aromatic heterocycles. The number of hydrogen-bond donors (Lipinski definition) is 1. The topological polar surface area (TPSA) is 112 Å². The van der Waals surface area contributed by atoms with Crippen LogP contribution in [-0.4, -0.2) is 42.6 Å². The Balaban J connectivity index is 2.84. The Morgan fingerprint density at radius 1 is 1.20 bits per heavy atom. The van der Waals surface area contributed by atoms with E-state index in [1.807, 2.05) is 0 Å². The van der Waals surface area contributed by atoms with E-state index in [0.29, 0.717) is 0 Å². The van der Waals surface area contributed by atoms with Gasteiger partial charge in [0.15, 0.2) is 0 Å². The molecule has 0 saturated heterocycles. The lowest BCUT2D eigenvalue weighted by molar-refractivity contribution is -0.139. The van der Waals surface area contributed by atoms with Gasteiger partial charge in [0.1, 0.15) is 23.2 Å². The first-order valence-corrected chi connectivity index (χ1v) is 10.7. The summed E-state index contributed by atoms with van der Waals surface area (Å²) in [6.07, 6.45) is -0.155. The van der Waals surface area contributed by atoms with Gasteiger partial charge in [0.25, 0.3) is 0 Å². The Labute approximate surface area is 150 Å². The molecule has 0 aliphatic carbocycles. The summed E-state index contributed by atoms with van der Waals surface area (Å²) in [4.78, 5) is 22.7. The fourth-order valence-electron chi connectivity index (χ4n) is 1.99. The molecule has 0 radical (unpaired) electrons. The molecule has 8 nitrogen and oxygen atoms in total.